The van der Waals surface area contributed by atoms with Crippen molar-refractivity contribution >= 4 is 13.4 Å². The lowest BCUT2D eigenvalue weighted by Crippen LogP contribution is -2.26. The van der Waals surface area contributed by atoms with Crippen LogP contribution in [0.4, 0.5) is 5.69 Å². The Balaban J connectivity index is 3.10. The van der Waals surface area contributed by atoms with E-state index in [-0.39, 0.29) is 0 Å². The number of nitrogens with one attached hydrogen (secondary N) is 1. The number of rotatable bonds is 5. The lowest BCUT2D eigenvalue weighted by molar-refractivity contribution is 0.0518. The Morgan fingerprint density at radius 2 is 1.43 bits per heavy atom. The molecule has 1 aromatic carbocycles. The summed E-state index contributed by atoms with van der Waals surface area (Å²) in [7, 11) is -2.00. The van der Waals surface area contributed by atoms with Crippen LogP contribution in [0.25, 0.3) is 0 Å². The average molecular weight is 315 g/mol. The van der Waals surface area contributed by atoms with Crippen molar-refractivity contribution in [3.05, 3.63) is 24.3 Å². The summed E-state index contributed by atoms with van der Waals surface area (Å²) >= 11 is 0. The topological polar surface area (TPSA) is 56.8 Å². The third-order valence-corrected chi connectivity index (χ3v) is 4.24. The molecule has 5 nitrogen and oxygen atoms in total. The number of para-hydroxylation sites is 2. The fourth-order valence-corrected chi connectivity index (χ4v) is 3.72. The first-order valence-electron chi connectivity index (χ1n) is 6.87. The molecule has 0 saturated carbocycles. The Morgan fingerprint density at radius 1 is 0.952 bits per heavy atom. The van der Waals surface area contributed by atoms with E-state index in [2.05, 4.69) is 5.09 Å². The summed E-state index contributed by atoms with van der Waals surface area (Å²) in [5.74, 6) is 0.577. The highest BCUT2D eigenvalue weighted by atomic mass is 31.2. The molecule has 0 aromatic heterocycles. The van der Waals surface area contributed by atoms with Gasteiger partial charge in [-0.3, -0.25) is 14.1 Å². The Labute approximate surface area is 127 Å². The lowest BCUT2D eigenvalue weighted by Gasteiger charge is -2.32. The molecule has 120 valence electrons. The van der Waals surface area contributed by atoms with E-state index in [0.29, 0.717) is 11.4 Å². The lowest BCUT2D eigenvalue weighted by atomic mass is 10.2. The molecule has 0 saturated heterocycles. The second-order valence-corrected chi connectivity index (χ2v) is 8.30. The standard InChI is InChI=1S/C15H26NO4P/c1-14(2,3)19-21(17,20-15(4,5)6)16-12-10-8-9-11-13(12)18-7/h8-11H,1-7H3,(H,16,17). The monoisotopic (exact) mass is 315 g/mol. The maximum Gasteiger partial charge on any atom is 0.433 e. The molecule has 0 atom stereocenters. The SMILES string of the molecule is COc1ccccc1NP(=O)(OC(C)(C)C)OC(C)(C)C. The van der Waals surface area contributed by atoms with Crippen molar-refractivity contribution in [2.24, 2.45) is 0 Å². The summed E-state index contributed by atoms with van der Waals surface area (Å²) in [6.07, 6.45) is 0. The summed E-state index contributed by atoms with van der Waals surface area (Å²) in [5.41, 5.74) is -0.664. The third kappa shape index (κ3) is 6.51. The van der Waals surface area contributed by atoms with E-state index in [1.165, 1.54) is 0 Å². The number of hydrogen-bond donors (Lipinski definition) is 1. The number of ether oxygens (including phenoxy) is 1. The smallest absolute Gasteiger partial charge is 0.433 e. The van der Waals surface area contributed by atoms with E-state index < -0.39 is 18.9 Å². The van der Waals surface area contributed by atoms with Crippen molar-refractivity contribution in [2.45, 2.75) is 52.7 Å². The van der Waals surface area contributed by atoms with E-state index >= 15 is 0 Å². The molecule has 6 heteroatoms. The van der Waals surface area contributed by atoms with Crippen LogP contribution in [0.1, 0.15) is 41.5 Å². The molecule has 0 bridgehead atoms. The number of methoxy groups -OCH3 is 1. The maximum atomic E-state index is 13.1. The minimum atomic E-state index is -3.55. The minimum Gasteiger partial charge on any atom is -0.495 e. The normalized spacial score (nSPS) is 13.1. The summed E-state index contributed by atoms with van der Waals surface area (Å²) in [6.45, 7) is 11.0. The molecular formula is C15H26NO4P. The summed E-state index contributed by atoms with van der Waals surface area (Å²) in [5, 5.41) is 2.87. The van der Waals surface area contributed by atoms with Gasteiger partial charge >= 0.3 is 7.75 Å². The maximum absolute atomic E-state index is 13.1. The number of anilines is 1. The summed E-state index contributed by atoms with van der Waals surface area (Å²) < 4.78 is 29.7. The molecule has 0 amide bonds. The molecule has 0 aliphatic carbocycles. The van der Waals surface area contributed by atoms with Crippen LogP contribution in [0.2, 0.25) is 0 Å². The molecule has 0 fully saturated rings. The highest BCUT2D eigenvalue weighted by Gasteiger charge is 2.36. The van der Waals surface area contributed by atoms with Gasteiger partial charge in [-0.25, -0.2) is 4.57 Å². The van der Waals surface area contributed by atoms with Gasteiger partial charge in [0.1, 0.15) is 5.75 Å². The molecule has 0 unspecified atom stereocenters. The Hall–Kier alpha value is -1.03. The third-order valence-electron chi connectivity index (χ3n) is 2.15. The first-order valence-corrected chi connectivity index (χ1v) is 8.41. The van der Waals surface area contributed by atoms with Crippen LogP contribution in [0.3, 0.4) is 0 Å². The number of benzene rings is 1. The highest BCUT2D eigenvalue weighted by Crippen LogP contribution is 2.54. The van der Waals surface area contributed by atoms with Crippen molar-refractivity contribution < 1.29 is 18.3 Å². The zero-order valence-electron chi connectivity index (χ0n) is 13.9. The summed E-state index contributed by atoms with van der Waals surface area (Å²) in [4.78, 5) is 0. The van der Waals surface area contributed by atoms with Gasteiger partial charge in [0.05, 0.1) is 24.0 Å². The van der Waals surface area contributed by atoms with Gasteiger partial charge in [0.15, 0.2) is 0 Å². The number of hydrogen-bond acceptors (Lipinski definition) is 4. The zero-order chi connectivity index (χ0) is 16.3. The van der Waals surface area contributed by atoms with Gasteiger partial charge < -0.3 is 4.74 Å². The molecule has 0 radical (unpaired) electrons. The van der Waals surface area contributed by atoms with E-state index in [4.69, 9.17) is 13.8 Å². The Bertz CT molecular complexity index is 497. The highest BCUT2D eigenvalue weighted by molar-refractivity contribution is 7.55. The van der Waals surface area contributed by atoms with Gasteiger partial charge in [-0.15, -0.1) is 0 Å². The van der Waals surface area contributed by atoms with Crippen molar-refractivity contribution in [2.75, 3.05) is 12.2 Å². The van der Waals surface area contributed by atoms with Gasteiger partial charge in [0.2, 0.25) is 0 Å². The van der Waals surface area contributed by atoms with Gasteiger partial charge in [-0.05, 0) is 53.7 Å². The Kier molecular flexibility index (Phi) is 5.48. The average Bonchev–Trinajstić information content (AvgIpc) is 2.23. The second-order valence-electron chi connectivity index (χ2n) is 6.72. The molecule has 0 aliphatic heterocycles. The molecule has 1 aromatic rings. The fraction of sp³-hybridized carbons (Fsp3) is 0.600. The van der Waals surface area contributed by atoms with Crippen LogP contribution < -0.4 is 9.82 Å². The van der Waals surface area contributed by atoms with Crippen LogP contribution in [-0.4, -0.2) is 18.3 Å². The van der Waals surface area contributed by atoms with Crippen LogP contribution in [0.5, 0.6) is 5.75 Å². The van der Waals surface area contributed by atoms with Gasteiger partial charge in [-0.1, -0.05) is 12.1 Å². The van der Waals surface area contributed by atoms with Crippen molar-refractivity contribution in [1.29, 1.82) is 0 Å². The molecule has 21 heavy (non-hydrogen) atoms. The van der Waals surface area contributed by atoms with Gasteiger partial charge in [0.25, 0.3) is 0 Å². The predicted octanol–water partition coefficient (Wildman–Crippen LogP) is 4.85. The molecule has 0 spiro atoms. The van der Waals surface area contributed by atoms with Crippen LogP contribution in [0, 0.1) is 0 Å². The predicted molar refractivity (Wildman–Crippen MR) is 85.9 cm³/mol. The molecule has 1 rings (SSSR count). The van der Waals surface area contributed by atoms with Crippen molar-refractivity contribution in [1.82, 2.24) is 0 Å². The van der Waals surface area contributed by atoms with E-state index in [1.54, 1.807) is 19.2 Å². The van der Waals surface area contributed by atoms with Gasteiger partial charge in [0, 0.05) is 0 Å². The molecule has 0 aliphatic rings. The van der Waals surface area contributed by atoms with Crippen LogP contribution >= 0.6 is 7.75 Å². The van der Waals surface area contributed by atoms with E-state index in [0.717, 1.165) is 0 Å². The van der Waals surface area contributed by atoms with E-state index in [9.17, 15) is 4.57 Å². The zero-order valence-corrected chi connectivity index (χ0v) is 14.8. The van der Waals surface area contributed by atoms with Crippen molar-refractivity contribution in [3.8, 4) is 5.75 Å². The van der Waals surface area contributed by atoms with Crippen LogP contribution in [0.15, 0.2) is 24.3 Å². The fourth-order valence-electron chi connectivity index (χ4n) is 1.67. The van der Waals surface area contributed by atoms with Crippen molar-refractivity contribution in [3.63, 3.8) is 0 Å². The first-order chi connectivity index (χ1) is 9.44. The largest absolute Gasteiger partial charge is 0.495 e. The first kappa shape index (κ1) is 18.0. The quantitative estimate of drug-likeness (QED) is 0.787. The minimum absolute atomic E-state index is 0.567. The van der Waals surface area contributed by atoms with E-state index in [1.807, 2.05) is 53.7 Å². The Morgan fingerprint density at radius 3 is 1.86 bits per heavy atom. The van der Waals surface area contributed by atoms with Crippen LogP contribution in [-0.2, 0) is 13.6 Å². The molecule has 0 heterocycles. The molecular weight excluding hydrogens is 289 g/mol. The second kappa shape index (κ2) is 6.39. The van der Waals surface area contributed by atoms with Gasteiger partial charge in [-0.2, -0.15) is 0 Å². The summed E-state index contributed by atoms with van der Waals surface area (Å²) in [6, 6.07) is 7.21. The molecule has 1 N–H and O–H groups in total.